The van der Waals surface area contributed by atoms with E-state index in [1.165, 1.54) is 13.8 Å². The maximum absolute atomic E-state index is 12.0. The average molecular weight is 215 g/mol. The second-order valence-corrected chi connectivity index (χ2v) is 3.86. The number of nitrogens with zero attached hydrogens (tertiary/aromatic N) is 1. The van der Waals surface area contributed by atoms with Crippen LogP contribution in [0.5, 0.6) is 0 Å². The van der Waals surface area contributed by atoms with Gasteiger partial charge < -0.3 is 10.2 Å². The Morgan fingerprint density at radius 1 is 1.14 bits per heavy atom. The van der Waals surface area contributed by atoms with Crippen LogP contribution in [0, 0.1) is 0 Å². The predicted octanol–water partition coefficient (Wildman–Crippen LogP) is 0.614. The Bertz CT molecular complexity index is 149. The fraction of sp³-hybridized carbons (Fsp3) is 1.00. The minimum atomic E-state index is -4.31. The molecule has 0 saturated heterocycles. The fourth-order valence-electron chi connectivity index (χ4n) is 1.16. The fourth-order valence-corrected chi connectivity index (χ4v) is 1.16. The number of rotatable bonds is 5. The van der Waals surface area contributed by atoms with E-state index in [2.05, 4.69) is 0 Å². The molecule has 0 aromatic carbocycles. The molecule has 0 aromatic heterocycles. The van der Waals surface area contributed by atoms with Crippen LogP contribution in [0.3, 0.4) is 0 Å². The van der Waals surface area contributed by atoms with Crippen molar-refractivity contribution in [3.05, 3.63) is 0 Å². The molecule has 0 atom stereocenters. The van der Waals surface area contributed by atoms with Crippen molar-refractivity contribution in [1.82, 2.24) is 4.90 Å². The van der Waals surface area contributed by atoms with Crippen LogP contribution in [0.15, 0.2) is 0 Å². The van der Waals surface area contributed by atoms with E-state index in [0.29, 0.717) is 0 Å². The highest BCUT2D eigenvalue weighted by Gasteiger charge is 2.32. The second kappa shape index (κ2) is 4.95. The molecule has 0 aliphatic carbocycles. The molecule has 0 rings (SSSR count). The molecule has 0 unspecified atom stereocenters. The summed E-state index contributed by atoms with van der Waals surface area (Å²) < 4.78 is 36.0. The Hall–Kier alpha value is -0.330. The Morgan fingerprint density at radius 3 is 1.93 bits per heavy atom. The number of alkyl halides is 3. The molecule has 0 aromatic rings. The number of halogens is 3. The van der Waals surface area contributed by atoms with Crippen LogP contribution in [0.25, 0.3) is 0 Å². The summed E-state index contributed by atoms with van der Waals surface area (Å²) in [4.78, 5) is 0.972. The largest absolute Gasteiger partial charge is 0.401 e. The van der Waals surface area contributed by atoms with Gasteiger partial charge in [0.05, 0.1) is 18.8 Å². The molecule has 0 saturated carbocycles. The van der Waals surface area contributed by atoms with Crippen molar-refractivity contribution in [2.45, 2.75) is 25.6 Å². The predicted molar refractivity (Wildman–Crippen MR) is 45.9 cm³/mol. The Labute approximate surface area is 81.1 Å². The van der Waals surface area contributed by atoms with Gasteiger partial charge in [-0.25, -0.2) is 0 Å². The third-order valence-electron chi connectivity index (χ3n) is 1.43. The first-order valence-corrected chi connectivity index (χ1v) is 4.26. The average Bonchev–Trinajstić information content (AvgIpc) is 1.78. The maximum Gasteiger partial charge on any atom is 0.401 e. The molecule has 0 bridgehead atoms. The standard InChI is InChI=1S/C8H16F3NO2/c1-7(2,14)5-12(3-4-13)6-8(9,10)11/h13-14H,3-6H2,1-2H3. The van der Waals surface area contributed by atoms with Gasteiger partial charge in [0, 0.05) is 13.1 Å². The first-order valence-electron chi connectivity index (χ1n) is 4.26. The summed E-state index contributed by atoms with van der Waals surface area (Å²) in [5.41, 5.74) is -1.19. The van der Waals surface area contributed by atoms with Crippen LogP contribution >= 0.6 is 0 Å². The lowest BCUT2D eigenvalue weighted by Crippen LogP contribution is -2.44. The Morgan fingerprint density at radius 2 is 1.64 bits per heavy atom. The van der Waals surface area contributed by atoms with Gasteiger partial charge in [-0.05, 0) is 13.8 Å². The quantitative estimate of drug-likeness (QED) is 0.706. The molecular formula is C8H16F3NO2. The smallest absolute Gasteiger partial charge is 0.395 e. The zero-order valence-electron chi connectivity index (χ0n) is 8.30. The van der Waals surface area contributed by atoms with Gasteiger partial charge in [-0.3, -0.25) is 4.90 Å². The van der Waals surface area contributed by atoms with Gasteiger partial charge in [0.1, 0.15) is 0 Å². The van der Waals surface area contributed by atoms with E-state index in [1.807, 2.05) is 0 Å². The van der Waals surface area contributed by atoms with Crippen LogP contribution in [0.2, 0.25) is 0 Å². The van der Waals surface area contributed by atoms with Crippen molar-refractivity contribution in [3.63, 3.8) is 0 Å². The molecule has 0 radical (unpaired) electrons. The molecule has 0 spiro atoms. The third kappa shape index (κ3) is 8.28. The molecule has 3 nitrogen and oxygen atoms in total. The number of hydrogen-bond donors (Lipinski definition) is 2. The van der Waals surface area contributed by atoms with E-state index >= 15 is 0 Å². The SMILES string of the molecule is CC(C)(O)CN(CCO)CC(F)(F)F. The molecule has 6 heteroatoms. The van der Waals surface area contributed by atoms with Gasteiger partial charge in [0.25, 0.3) is 0 Å². The summed E-state index contributed by atoms with van der Waals surface area (Å²) in [5, 5.41) is 17.9. The van der Waals surface area contributed by atoms with Crippen LogP contribution in [-0.4, -0.2) is 53.1 Å². The summed E-state index contributed by atoms with van der Waals surface area (Å²) in [7, 11) is 0. The van der Waals surface area contributed by atoms with E-state index < -0.39 is 18.3 Å². The molecular weight excluding hydrogens is 199 g/mol. The zero-order chi connectivity index (χ0) is 11.4. The highest BCUT2D eigenvalue weighted by atomic mass is 19.4. The van der Waals surface area contributed by atoms with Crippen molar-refractivity contribution < 1.29 is 23.4 Å². The van der Waals surface area contributed by atoms with Crippen LogP contribution < -0.4 is 0 Å². The summed E-state index contributed by atoms with van der Waals surface area (Å²) in [6, 6.07) is 0. The number of hydrogen-bond acceptors (Lipinski definition) is 3. The number of aliphatic hydroxyl groups is 2. The summed E-state index contributed by atoms with van der Waals surface area (Å²) in [6.45, 7) is 1.17. The molecule has 0 aliphatic heterocycles. The zero-order valence-corrected chi connectivity index (χ0v) is 8.30. The van der Waals surface area contributed by atoms with Crippen molar-refractivity contribution in [3.8, 4) is 0 Å². The first-order chi connectivity index (χ1) is 6.14. The van der Waals surface area contributed by atoms with Gasteiger partial charge in [-0.2, -0.15) is 13.2 Å². The van der Waals surface area contributed by atoms with Crippen LogP contribution in [0.1, 0.15) is 13.8 Å². The second-order valence-electron chi connectivity index (χ2n) is 3.86. The third-order valence-corrected chi connectivity index (χ3v) is 1.43. The number of aliphatic hydroxyl groups excluding tert-OH is 1. The Kier molecular flexibility index (Phi) is 4.83. The monoisotopic (exact) mass is 215 g/mol. The van der Waals surface area contributed by atoms with Crippen molar-refractivity contribution in [2.75, 3.05) is 26.2 Å². The van der Waals surface area contributed by atoms with E-state index in [9.17, 15) is 18.3 Å². The molecule has 0 heterocycles. The van der Waals surface area contributed by atoms with Crippen molar-refractivity contribution >= 4 is 0 Å². The van der Waals surface area contributed by atoms with Gasteiger partial charge in [0.15, 0.2) is 0 Å². The summed E-state index contributed by atoms with van der Waals surface area (Å²) in [6.07, 6.45) is -4.31. The lowest BCUT2D eigenvalue weighted by molar-refractivity contribution is -0.151. The normalized spacial score (nSPS) is 13.7. The summed E-state index contributed by atoms with van der Waals surface area (Å²) >= 11 is 0. The van der Waals surface area contributed by atoms with Gasteiger partial charge in [-0.1, -0.05) is 0 Å². The summed E-state index contributed by atoms with van der Waals surface area (Å²) in [5.74, 6) is 0. The topological polar surface area (TPSA) is 43.7 Å². The van der Waals surface area contributed by atoms with E-state index in [1.54, 1.807) is 0 Å². The maximum atomic E-state index is 12.0. The highest BCUT2D eigenvalue weighted by Crippen LogP contribution is 2.17. The Balaban J connectivity index is 4.16. The van der Waals surface area contributed by atoms with Gasteiger partial charge in [-0.15, -0.1) is 0 Å². The molecule has 86 valence electrons. The molecule has 2 N–H and O–H groups in total. The molecule has 0 amide bonds. The first kappa shape index (κ1) is 13.7. The molecule has 0 aliphatic rings. The van der Waals surface area contributed by atoms with Crippen molar-refractivity contribution in [2.24, 2.45) is 0 Å². The van der Waals surface area contributed by atoms with E-state index in [-0.39, 0.29) is 19.7 Å². The van der Waals surface area contributed by atoms with Crippen LogP contribution in [-0.2, 0) is 0 Å². The van der Waals surface area contributed by atoms with Gasteiger partial charge >= 0.3 is 6.18 Å². The van der Waals surface area contributed by atoms with Gasteiger partial charge in [0.2, 0.25) is 0 Å². The lowest BCUT2D eigenvalue weighted by Gasteiger charge is -2.28. The van der Waals surface area contributed by atoms with E-state index in [4.69, 9.17) is 5.11 Å². The van der Waals surface area contributed by atoms with Crippen molar-refractivity contribution in [1.29, 1.82) is 0 Å². The minimum absolute atomic E-state index is 0.0938. The lowest BCUT2D eigenvalue weighted by atomic mass is 10.1. The van der Waals surface area contributed by atoms with E-state index in [0.717, 1.165) is 4.90 Å². The highest BCUT2D eigenvalue weighted by molar-refractivity contribution is 4.73. The minimum Gasteiger partial charge on any atom is -0.395 e. The molecule has 14 heavy (non-hydrogen) atoms. The molecule has 0 fully saturated rings. The van der Waals surface area contributed by atoms with Crippen LogP contribution in [0.4, 0.5) is 13.2 Å².